The molecule has 0 atom stereocenters. The first kappa shape index (κ1) is 14.7. The molecule has 0 unspecified atom stereocenters. The molecule has 0 aromatic rings. The zero-order valence-corrected chi connectivity index (χ0v) is 9.98. The summed E-state index contributed by atoms with van der Waals surface area (Å²) in [6.45, 7) is 7.02. The Morgan fingerprint density at radius 3 is 1.75 bits per heavy atom. The maximum atomic E-state index is 9.98. The van der Waals surface area contributed by atoms with Gasteiger partial charge in [-0.25, -0.2) is 19.6 Å². The lowest BCUT2D eigenvalue weighted by Crippen LogP contribution is -2.36. The third-order valence-corrected chi connectivity index (χ3v) is 2.61. The summed E-state index contributed by atoms with van der Waals surface area (Å²) >= 11 is 0. The van der Waals surface area contributed by atoms with Crippen LogP contribution in [0.2, 0.25) is 0 Å². The highest BCUT2D eigenvalue weighted by Crippen LogP contribution is 2.09. The molecule has 0 spiro atoms. The van der Waals surface area contributed by atoms with E-state index in [0.717, 1.165) is 25.9 Å². The Bertz CT molecular complexity index is 242. The van der Waals surface area contributed by atoms with Crippen LogP contribution >= 0.6 is 0 Å². The van der Waals surface area contributed by atoms with Crippen LogP contribution in [0.1, 0.15) is 26.7 Å². The van der Waals surface area contributed by atoms with Crippen LogP contribution in [-0.4, -0.2) is 49.3 Å². The Hall–Kier alpha value is -1.28. The van der Waals surface area contributed by atoms with Crippen LogP contribution in [0.3, 0.4) is 0 Å². The third kappa shape index (κ3) is 6.25. The molecule has 0 aliphatic rings. The van der Waals surface area contributed by atoms with E-state index in [1.807, 2.05) is 0 Å². The maximum absolute atomic E-state index is 9.98. The SMILES string of the molecule is CCN(CC)C(CCN=C=O)CCN=C=O. The zero-order valence-electron chi connectivity index (χ0n) is 9.98. The van der Waals surface area contributed by atoms with Gasteiger partial charge in [0.25, 0.3) is 0 Å². The summed E-state index contributed by atoms with van der Waals surface area (Å²) in [4.78, 5) is 29.3. The highest BCUT2D eigenvalue weighted by molar-refractivity contribution is 5.33. The molecule has 0 aromatic heterocycles. The van der Waals surface area contributed by atoms with E-state index < -0.39 is 0 Å². The second-order valence-corrected chi connectivity index (χ2v) is 3.40. The molecule has 0 heterocycles. The Kier molecular flexibility index (Phi) is 9.43. The van der Waals surface area contributed by atoms with Gasteiger partial charge < -0.3 is 4.90 Å². The van der Waals surface area contributed by atoms with Crippen LogP contribution in [0.5, 0.6) is 0 Å². The smallest absolute Gasteiger partial charge is 0.234 e. The second kappa shape index (κ2) is 10.2. The largest absolute Gasteiger partial charge is 0.301 e. The van der Waals surface area contributed by atoms with Crippen LogP contribution < -0.4 is 0 Å². The van der Waals surface area contributed by atoms with E-state index in [9.17, 15) is 9.59 Å². The fourth-order valence-electron chi connectivity index (χ4n) is 1.77. The number of hydrogen-bond acceptors (Lipinski definition) is 5. The molecule has 90 valence electrons. The van der Waals surface area contributed by atoms with Gasteiger partial charge in [-0.15, -0.1) is 0 Å². The minimum atomic E-state index is 0.309. The molecule has 5 nitrogen and oxygen atoms in total. The standard InChI is InChI=1S/C11H19N3O2/c1-3-14(4-2)11(5-7-12-9-15)6-8-13-10-16/h11H,3-8H2,1-2H3. The van der Waals surface area contributed by atoms with Crippen LogP contribution in [0.25, 0.3) is 0 Å². The van der Waals surface area contributed by atoms with Crippen molar-refractivity contribution in [1.82, 2.24) is 4.90 Å². The first-order valence-corrected chi connectivity index (χ1v) is 5.61. The molecule has 0 radical (unpaired) electrons. The topological polar surface area (TPSA) is 62.1 Å². The highest BCUT2D eigenvalue weighted by Gasteiger charge is 2.14. The summed E-state index contributed by atoms with van der Waals surface area (Å²) in [7, 11) is 0. The van der Waals surface area contributed by atoms with E-state index >= 15 is 0 Å². The molecule has 0 N–H and O–H groups in total. The van der Waals surface area contributed by atoms with Crippen LogP contribution in [0.4, 0.5) is 0 Å². The van der Waals surface area contributed by atoms with Crippen molar-refractivity contribution in [3.05, 3.63) is 0 Å². The van der Waals surface area contributed by atoms with Crippen molar-refractivity contribution in [2.24, 2.45) is 9.98 Å². The van der Waals surface area contributed by atoms with Crippen molar-refractivity contribution in [1.29, 1.82) is 0 Å². The summed E-state index contributed by atoms with van der Waals surface area (Å²) in [6.07, 6.45) is 4.67. The second-order valence-electron chi connectivity index (χ2n) is 3.40. The molecule has 0 aliphatic carbocycles. The molecule has 0 aliphatic heterocycles. The minimum absolute atomic E-state index is 0.309. The number of hydrogen-bond donors (Lipinski definition) is 0. The lowest BCUT2D eigenvalue weighted by Gasteiger charge is -2.28. The van der Waals surface area contributed by atoms with Crippen LogP contribution in [0, 0.1) is 0 Å². The number of aliphatic imine (C=N–C) groups is 2. The van der Waals surface area contributed by atoms with Crippen molar-refractivity contribution < 1.29 is 9.59 Å². The van der Waals surface area contributed by atoms with E-state index in [0.29, 0.717) is 19.1 Å². The molecular formula is C11H19N3O2. The number of rotatable bonds is 9. The first-order valence-electron chi connectivity index (χ1n) is 5.61. The number of carbonyl (C=O) groups excluding carboxylic acids is 2. The normalized spacial score (nSPS) is 11.7. The van der Waals surface area contributed by atoms with Crippen LogP contribution in [0.15, 0.2) is 9.98 Å². The average Bonchev–Trinajstić information content (AvgIpc) is 2.30. The van der Waals surface area contributed by atoms with Gasteiger partial charge in [0.2, 0.25) is 12.2 Å². The van der Waals surface area contributed by atoms with Gasteiger partial charge in [0.15, 0.2) is 0 Å². The van der Waals surface area contributed by atoms with E-state index in [1.165, 1.54) is 12.2 Å². The van der Waals surface area contributed by atoms with Crippen molar-refractivity contribution in [2.45, 2.75) is 32.7 Å². The molecule has 0 amide bonds. The van der Waals surface area contributed by atoms with E-state index in [1.54, 1.807) is 0 Å². The molecule has 5 heteroatoms. The third-order valence-electron chi connectivity index (χ3n) is 2.61. The Labute approximate surface area is 96.3 Å². The molecule has 0 fully saturated rings. The summed E-state index contributed by atoms with van der Waals surface area (Å²) in [5, 5.41) is 0. The summed E-state index contributed by atoms with van der Waals surface area (Å²) < 4.78 is 0. The fourth-order valence-corrected chi connectivity index (χ4v) is 1.77. The van der Waals surface area contributed by atoms with E-state index in [-0.39, 0.29) is 0 Å². The predicted octanol–water partition coefficient (Wildman–Crippen LogP) is 1.15. The van der Waals surface area contributed by atoms with Gasteiger partial charge in [0.05, 0.1) is 13.1 Å². The number of nitrogens with zero attached hydrogens (tertiary/aromatic N) is 3. The van der Waals surface area contributed by atoms with E-state index in [2.05, 4.69) is 28.7 Å². The maximum Gasteiger partial charge on any atom is 0.234 e. The van der Waals surface area contributed by atoms with Gasteiger partial charge in [-0.3, -0.25) is 0 Å². The zero-order chi connectivity index (χ0) is 12.2. The summed E-state index contributed by atoms with van der Waals surface area (Å²) in [5.74, 6) is 0. The van der Waals surface area contributed by atoms with Crippen molar-refractivity contribution in [3.8, 4) is 0 Å². The van der Waals surface area contributed by atoms with Gasteiger partial charge in [-0.05, 0) is 25.9 Å². The molecule has 0 saturated carbocycles. The minimum Gasteiger partial charge on any atom is -0.301 e. The average molecular weight is 225 g/mol. The van der Waals surface area contributed by atoms with Crippen molar-refractivity contribution in [2.75, 3.05) is 26.2 Å². The lowest BCUT2D eigenvalue weighted by molar-refractivity contribution is 0.200. The quantitative estimate of drug-likeness (QED) is 0.437. The van der Waals surface area contributed by atoms with Gasteiger partial charge in [-0.1, -0.05) is 13.8 Å². The van der Waals surface area contributed by atoms with Gasteiger partial charge >= 0.3 is 0 Å². The Balaban J connectivity index is 4.22. The van der Waals surface area contributed by atoms with Crippen molar-refractivity contribution >= 4 is 12.2 Å². The van der Waals surface area contributed by atoms with E-state index in [4.69, 9.17) is 0 Å². The molecular weight excluding hydrogens is 206 g/mol. The first-order chi connectivity index (χ1) is 7.79. The van der Waals surface area contributed by atoms with Gasteiger partial charge in [-0.2, -0.15) is 0 Å². The molecule has 0 bridgehead atoms. The molecule has 0 saturated heterocycles. The fraction of sp³-hybridized carbons (Fsp3) is 0.818. The Morgan fingerprint density at radius 2 is 1.44 bits per heavy atom. The molecule has 0 rings (SSSR count). The Morgan fingerprint density at radius 1 is 1.00 bits per heavy atom. The van der Waals surface area contributed by atoms with Gasteiger partial charge in [0, 0.05) is 6.04 Å². The number of isocyanates is 2. The van der Waals surface area contributed by atoms with Gasteiger partial charge in [0.1, 0.15) is 0 Å². The van der Waals surface area contributed by atoms with Crippen LogP contribution in [-0.2, 0) is 9.59 Å². The monoisotopic (exact) mass is 225 g/mol. The summed E-state index contributed by atoms with van der Waals surface area (Å²) in [6, 6.07) is 0.309. The predicted molar refractivity (Wildman–Crippen MR) is 61.9 cm³/mol. The lowest BCUT2D eigenvalue weighted by atomic mass is 10.1. The molecule has 16 heavy (non-hydrogen) atoms. The molecule has 0 aromatic carbocycles. The summed E-state index contributed by atoms with van der Waals surface area (Å²) in [5.41, 5.74) is 0. The highest BCUT2D eigenvalue weighted by atomic mass is 16.1. The van der Waals surface area contributed by atoms with Crippen molar-refractivity contribution in [3.63, 3.8) is 0 Å².